The van der Waals surface area contributed by atoms with Crippen LogP contribution in [0.1, 0.15) is 18.7 Å². The van der Waals surface area contributed by atoms with Crippen molar-refractivity contribution >= 4 is 0 Å². The summed E-state index contributed by atoms with van der Waals surface area (Å²) >= 11 is 0. The van der Waals surface area contributed by atoms with Crippen molar-refractivity contribution in [2.24, 2.45) is 5.73 Å². The fraction of sp³-hybridized carbons (Fsp3) is 0.333. The molecule has 0 bridgehead atoms. The van der Waals surface area contributed by atoms with E-state index in [0.717, 1.165) is 0 Å². The van der Waals surface area contributed by atoms with Gasteiger partial charge in [-0.1, -0.05) is 0 Å². The lowest BCUT2D eigenvalue weighted by Gasteiger charge is -2.01. The fourth-order valence-electron chi connectivity index (χ4n) is 0.733. The second-order valence-electron chi connectivity index (χ2n) is 2.33. The molecule has 1 heterocycles. The van der Waals surface area contributed by atoms with Crippen LogP contribution < -0.4 is 17.0 Å². The van der Waals surface area contributed by atoms with E-state index < -0.39 is 11.2 Å². The minimum Gasteiger partial charge on any atom is -0.323 e. The average Bonchev–Trinajstić information content (AvgIpc) is 1.85. The molecule has 0 saturated carbocycles. The van der Waals surface area contributed by atoms with Gasteiger partial charge in [0.25, 0.3) is 5.56 Å². The summed E-state index contributed by atoms with van der Waals surface area (Å²) in [6.07, 6.45) is 0. The van der Waals surface area contributed by atoms with Crippen LogP contribution in [0.3, 0.4) is 0 Å². The highest BCUT2D eigenvalue weighted by Crippen LogP contribution is 1.97. The minimum atomic E-state index is -0.523. The molecule has 4 N–H and O–H groups in total. The standard InChI is InChI=1S/C6H9N3O2/c1-3(7)4-2-5(10)9-6(11)8-4/h2-3H,7H2,1H3,(H2,8,9,10,11)/t3-/m0/s1. The molecule has 1 atom stereocenters. The average molecular weight is 155 g/mol. The van der Waals surface area contributed by atoms with Crippen molar-refractivity contribution in [3.05, 3.63) is 32.6 Å². The second kappa shape index (κ2) is 2.71. The van der Waals surface area contributed by atoms with Crippen molar-refractivity contribution in [3.8, 4) is 0 Å². The van der Waals surface area contributed by atoms with Crippen LogP contribution in [0.2, 0.25) is 0 Å². The Hall–Kier alpha value is -1.36. The van der Waals surface area contributed by atoms with Crippen LogP contribution in [0, 0.1) is 0 Å². The summed E-state index contributed by atoms with van der Waals surface area (Å²) in [6, 6.07) is 0.941. The van der Waals surface area contributed by atoms with Gasteiger partial charge >= 0.3 is 5.69 Å². The molecule has 0 aromatic carbocycles. The van der Waals surface area contributed by atoms with Crippen molar-refractivity contribution in [1.82, 2.24) is 9.97 Å². The first-order valence-corrected chi connectivity index (χ1v) is 3.18. The first kappa shape index (κ1) is 7.74. The van der Waals surface area contributed by atoms with Gasteiger partial charge < -0.3 is 10.7 Å². The van der Waals surface area contributed by atoms with Gasteiger partial charge in [0.05, 0.1) is 0 Å². The molecule has 0 radical (unpaired) electrons. The lowest BCUT2D eigenvalue weighted by atomic mass is 10.2. The Kier molecular flexibility index (Phi) is 1.91. The van der Waals surface area contributed by atoms with Crippen LogP contribution in [-0.4, -0.2) is 9.97 Å². The summed E-state index contributed by atoms with van der Waals surface area (Å²) in [5, 5.41) is 0. The van der Waals surface area contributed by atoms with E-state index in [1.54, 1.807) is 6.92 Å². The Morgan fingerprint density at radius 2 is 2.09 bits per heavy atom. The number of aromatic amines is 2. The lowest BCUT2D eigenvalue weighted by Crippen LogP contribution is -2.25. The van der Waals surface area contributed by atoms with E-state index in [-0.39, 0.29) is 6.04 Å². The molecule has 5 nitrogen and oxygen atoms in total. The summed E-state index contributed by atoms with van der Waals surface area (Å²) in [4.78, 5) is 25.8. The number of H-pyrrole nitrogens is 2. The van der Waals surface area contributed by atoms with E-state index >= 15 is 0 Å². The molecule has 1 rings (SSSR count). The van der Waals surface area contributed by atoms with Crippen molar-refractivity contribution in [2.45, 2.75) is 13.0 Å². The highest BCUT2D eigenvalue weighted by atomic mass is 16.2. The number of nitrogens with one attached hydrogen (secondary N) is 2. The lowest BCUT2D eigenvalue weighted by molar-refractivity contribution is 0.760. The molecule has 0 unspecified atom stereocenters. The third-order valence-corrected chi connectivity index (χ3v) is 1.27. The smallest absolute Gasteiger partial charge is 0.323 e. The van der Waals surface area contributed by atoms with Gasteiger partial charge in [-0.05, 0) is 6.92 Å². The van der Waals surface area contributed by atoms with E-state index in [9.17, 15) is 9.59 Å². The van der Waals surface area contributed by atoms with Gasteiger partial charge in [-0.15, -0.1) is 0 Å². The number of aromatic nitrogens is 2. The van der Waals surface area contributed by atoms with E-state index in [1.807, 2.05) is 4.98 Å². The normalized spacial score (nSPS) is 12.9. The summed E-state index contributed by atoms with van der Waals surface area (Å²) in [5.74, 6) is 0. The Bertz CT molecular complexity index is 321. The Morgan fingerprint density at radius 1 is 1.45 bits per heavy atom. The van der Waals surface area contributed by atoms with Gasteiger partial charge in [0.15, 0.2) is 0 Å². The quantitative estimate of drug-likeness (QED) is 0.490. The van der Waals surface area contributed by atoms with E-state index in [2.05, 4.69) is 4.98 Å². The van der Waals surface area contributed by atoms with E-state index in [4.69, 9.17) is 5.73 Å². The van der Waals surface area contributed by atoms with E-state index in [1.165, 1.54) is 6.07 Å². The molecular formula is C6H9N3O2. The molecule has 1 aromatic rings. The molecular weight excluding hydrogens is 146 g/mol. The van der Waals surface area contributed by atoms with Gasteiger partial charge in [0.2, 0.25) is 0 Å². The second-order valence-corrected chi connectivity index (χ2v) is 2.33. The van der Waals surface area contributed by atoms with Gasteiger partial charge in [0, 0.05) is 17.8 Å². The summed E-state index contributed by atoms with van der Waals surface area (Å²) in [6.45, 7) is 1.69. The summed E-state index contributed by atoms with van der Waals surface area (Å²) < 4.78 is 0. The monoisotopic (exact) mass is 155 g/mol. The van der Waals surface area contributed by atoms with Crippen molar-refractivity contribution < 1.29 is 0 Å². The van der Waals surface area contributed by atoms with Gasteiger partial charge in [-0.2, -0.15) is 0 Å². The van der Waals surface area contributed by atoms with Gasteiger partial charge in [0.1, 0.15) is 0 Å². The van der Waals surface area contributed by atoms with Crippen molar-refractivity contribution in [2.75, 3.05) is 0 Å². The molecule has 0 saturated heterocycles. The van der Waals surface area contributed by atoms with Crippen LogP contribution in [0.5, 0.6) is 0 Å². The number of rotatable bonds is 1. The maximum atomic E-state index is 10.7. The predicted molar refractivity (Wildman–Crippen MR) is 40.3 cm³/mol. The molecule has 60 valence electrons. The highest BCUT2D eigenvalue weighted by Gasteiger charge is 2.00. The first-order valence-electron chi connectivity index (χ1n) is 3.18. The zero-order chi connectivity index (χ0) is 8.43. The van der Waals surface area contributed by atoms with Gasteiger partial charge in [-0.3, -0.25) is 9.78 Å². The maximum absolute atomic E-state index is 10.7. The van der Waals surface area contributed by atoms with Crippen LogP contribution in [0.4, 0.5) is 0 Å². The highest BCUT2D eigenvalue weighted by molar-refractivity contribution is 5.02. The first-order chi connectivity index (χ1) is 5.09. The van der Waals surface area contributed by atoms with Crippen LogP contribution >= 0.6 is 0 Å². The van der Waals surface area contributed by atoms with Crippen LogP contribution in [0.15, 0.2) is 15.7 Å². The molecule has 5 heteroatoms. The predicted octanol–water partition coefficient (Wildman–Crippen LogP) is -0.917. The SMILES string of the molecule is C[C@H](N)c1cc(=O)[nH]c(=O)[nH]1. The third-order valence-electron chi connectivity index (χ3n) is 1.27. The Morgan fingerprint density at radius 3 is 2.55 bits per heavy atom. The molecule has 0 amide bonds. The topological polar surface area (TPSA) is 91.7 Å². The summed E-state index contributed by atoms with van der Waals surface area (Å²) in [5.41, 5.74) is 4.92. The molecule has 0 aliphatic rings. The summed E-state index contributed by atoms with van der Waals surface area (Å²) in [7, 11) is 0. The molecule has 0 spiro atoms. The minimum absolute atomic E-state index is 0.329. The van der Waals surface area contributed by atoms with Crippen LogP contribution in [-0.2, 0) is 0 Å². The van der Waals surface area contributed by atoms with Crippen molar-refractivity contribution in [3.63, 3.8) is 0 Å². The largest absolute Gasteiger partial charge is 0.325 e. The maximum Gasteiger partial charge on any atom is 0.325 e. The van der Waals surface area contributed by atoms with Crippen LogP contribution in [0.25, 0.3) is 0 Å². The number of hydrogen-bond donors (Lipinski definition) is 3. The van der Waals surface area contributed by atoms with Crippen molar-refractivity contribution in [1.29, 1.82) is 0 Å². The molecule has 0 aliphatic carbocycles. The third kappa shape index (κ3) is 1.78. The number of nitrogens with two attached hydrogens (primary N) is 1. The zero-order valence-electron chi connectivity index (χ0n) is 6.05. The fourth-order valence-corrected chi connectivity index (χ4v) is 0.733. The molecule has 0 fully saturated rings. The zero-order valence-corrected chi connectivity index (χ0v) is 6.05. The van der Waals surface area contributed by atoms with E-state index in [0.29, 0.717) is 5.69 Å². The molecule has 1 aromatic heterocycles. The van der Waals surface area contributed by atoms with Gasteiger partial charge in [-0.25, -0.2) is 4.79 Å². The molecule has 0 aliphatic heterocycles. The Balaban J connectivity index is 3.30. The number of hydrogen-bond acceptors (Lipinski definition) is 3. The Labute approximate surface area is 62.3 Å². The molecule has 11 heavy (non-hydrogen) atoms.